The molecule has 126 valence electrons. The molecule has 0 spiro atoms. The van der Waals surface area contributed by atoms with Gasteiger partial charge in [0, 0.05) is 23.1 Å². The first-order valence-corrected chi connectivity index (χ1v) is 8.48. The fourth-order valence-electron chi connectivity index (χ4n) is 3.04. The van der Waals surface area contributed by atoms with Crippen LogP contribution in [0, 0.1) is 0 Å². The van der Waals surface area contributed by atoms with Crippen molar-refractivity contribution in [3.05, 3.63) is 28.2 Å². The van der Waals surface area contributed by atoms with E-state index < -0.39 is 5.60 Å². The minimum absolute atomic E-state index is 0. The number of amides is 1. The van der Waals surface area contributed by atoms with Crippen LogP contribution in [-0.2, 0) is 11.2 Å². The van der Waals surface area contributed by atoms with Crippen LogP contribution in [0.15, 0.2) is 27.7 Å². The molecule has 6 heteroatoms. The monoisotopic (exact) mass is 398 g/mol. The number of aliphatic imine (C=N–C) groups is 1. The molecule has 2 aliphatic heterocycles. The molecular formula is C17H23BrN2O2S. The molecule has 1 atom stereocenters. The molecule has 0 saturated carbocycles. The number of carbonyl (C=O) groups excluding carboxylic acids is 1. The lowest BCUT2D eigenvalue weighted by Crippen LogP contribution is -2.43. The summed E-state index contributed by atoms with van der Waals surface area (Å²) in [5.74, 6) is 0. The summed E-state index contributed by atoms with van der Waals surface area (Å²) in [6.07, 6.45) is 2.56. The van der Waals surface area contributed by atoms with Crippen LogP contribution >= 0.6 is 29.4 Å². The number of likely N-dealkylation sites (tertiary alicyclic amines) is 1. The van der Waals surface area contributed by atoms with Crippen LogP contribution in [-0.4, -0.2) is 34.9 Å². The second kappa shape index (κ2) is 6.85. The molecule has 1 aromatic carbocycles. The van der Waals surface area contributed by atoms with E-state index in [1.54, 1.807) is 0 Å². The summed E-state index contributed by atoms with van der Waals surface area (Å²) in [4.78, 5) is 19.0. The van der Waals surface area contributed by atoms with Gasteiger partial charge in [-0.25, -0.2) is 4.79 Å². The maximum atomic E-state index is 12.4. The third kappa shape index (κ3) is 4.10. The fourth-order valence-corrected chi connectivity index (χ4v) is 3.45. The van der Waals surface area contributed by atoms with Crippen LogP contribution in [0.3, 0.4) is 0 Å². The van der Waals surface area contributed by atoms with Crippen LogP contribution in [0.1, 0.15) is 39.2 Å². The average molecular weight is 399 g/mol. The summed E-state index contributed by atoms with van der Waals surface area (Å²) in [5, 5.41) is 0. The minimum atomic E-state index is -0.463. The number of halogens is 1. The first-order valence-electron chi connectivity index (χ1n) is 7.69. The molecule has 1 saturated heterocycles. The Morgan fingerprint density at radius 2 is 2.13 bits per heavy atom. The largest absolute Gasteiger partial charge is 0.444 e. The number of hydrogen-bond donors (Lipinski definition) is 0. The molecule has 2 aliphatic rings. The van der Waals surface area contributed by atoms with Crippen LogP contribution in [0.2, 0.25) is 0 Å². The summed E-state index contributed by atoms with van der Waals surface area (Å²) < 4.78 is 6.60. The Morgan fingerprint density at radius 1 is 1.39 bits per heavy atom. The zero-order valence-corrected chi connectivity index (χ0v) is 16.3. The number of ether oxygens (including phenoxy) is 1. The maximum absolute atomic E-state index is 12.4. The lowest BCUT2D eigenvalue weighted by atomic mass is 10.0. The first-order chi connectivity index (χ1) is 10.3. The highest BCUT2D eigenvalue weighted by Gasteiger charge is 2.36. The van der Waals surface area contributed by atoms with Crippen molar-refractivity contribution in [2.24, 2.45) is 4.99 Å². The van der Waals surface area contributed by atoms with E-state index in [2.05, 4.69) is 22.0 Å². The molecule has 1 amide bonds. The van der Waals surface area contributed by atoms with Gasteiger partial charge in [-0.3, -0.25) is 9.89 Å². The van der Waals surface area contributed by atoms with E-state index in [0.29, 0.717) is 0 Å². The Balaban J connectivity index is 0.00000192. The molecule has 0 unspecified atom stereocenters. The molecule has 4 nitrogen and oxygen atoms in total. The van der Waals surface area contributed by atoms with Gasteiger partial charge in [0.2, 0.25) is 0 Å². The minimum Gasteiger partial charge on any atom is -0.444 e. The van der Waals surface area contributed by atoms with Crippen molar-refractivity contribution < 1.29 is 9.53 Å². The van der Waals surface area contributed by atoms with E-state index in [1.165, 1.54) is 5.56 Å². The number of nitrogens with zero attached hydrogens (tertiary/aromatic N) is 2. The summed E-state index contributed by atoms with van der Waals surface area (Å²) >= 11 is 3.50. The van der Waals surface area contributed by atoms with Gasteiger partial charge in [-0.05, 0) is 57.4 Å². The second-order valence-electron chi connectivity index (χ2n) is 6.88. The van der Waals surface area contributed by atoms with Gasteiger partial charge in [-0.2, -0.15) is 13.5 Å². The molecule has 23 heavy (non-hydrogen) atoms. The topological polar surface area (TPSA) is 41.9 Å². The van der Waals surface area contributed by atoms with E-state index in [4.69, 9.17) is 9.73 Å². The van der Waals surface area contributed by atoms with Gasteiger partial charge in [0.1, 0.15) is 5.60 Å². The average Bonchev–Trinajstić information content (AvgIpc) is 3.01. The van der Waals surface area contributed by atoms with Crippen molar-refractivity contribution in [1.29, 1.82) is 0 Å². The van der Waals surface area contributed by atoms with Gasteiger partial charge in [0.15, 0.2) is 0 Å². The third-order valence-corrected chi connectivity index (χ3v) is 4.44. The van der Waals surface area contributed by atoms with Crippen molar-refractivity contribution >= 4 is 46.9 Å². The zero-order valence-electron chi connectivity index (χ0n) is 13.7. The normalized spacial score (nSPS) is 19.9. The molecule has 0 aromatic heterocycles. The zero-order chi connectivity index (χ0) is 15.9. The maximum Gasteiger partial charge on any atom is 0.410 e. The highest BCUT2D eigenvalue weighted by atomic mass is 79.9. The number of carbonyl (C=O) groups is 1. The van der Waals surface area contributed by atoms with E-state index in [0.717, 1.165) is 41.7 Å². The van der Waals surface area contributed by atoms with Crippen LogP contribution in [0.25, 0.3) is 0 Å². The number of fused-ring (bicyclic) bond motifs is 1. The predicted octanol–water partition coefficient (Wildman–Crippen LogP) is 4.59. The highest BCUT2D eigenvalue weighted by Crippen LogP contribution is 2.33. The molecule has 0 bridgehead atoms. The summed E-state index contributed by atoms with van der Waals surface area (Å²) in [6, 6.07) is 6.21. The van der Waals surface area contributed by atoms with E-state index in [1.807, 2.05) is 37.8 Å². The molecule has 0 radical (unpaired) electrons. The first kappa shape index (κ1) is 18.3. The van der Waals surface area contributed by atoms with Crippen molar-refractivity contribution in [3.8, 4) is 0 Å². The van der Waals surface area contributed by atoms with Gasteiger partial charge in [-0.15, -0.1) is 0 Å². The molecule has 1 fully saturated rings. The van der Waals surface area contributed by atoms with Gasteiger partial charge >= 0.3 is 6.09 Å². The lowest BCUT2D eigenvalue weighted by molar-refractivity contribution is 0.0265. The second-order valence-corrected chi connectivity index (χ2v) is 7.80. The molecule has 1 aromatic rings. The molecule has 2 heterocycles. The molecule has 0 aliphatic carbocycles. The highest BCUT2D eigenvalue weighted by molar-refractivity contribution is 9.10. The summed E-state index contributed by atoms with van der Waals surface area (Å²) in [6.45, 7) is 6.45. The number of rotatable bonds is 1. The van der Waals surface area contributed by atoms with Gasteiger partial charge in [-0.1, -0.05) is 15.9 Å². The molecule has 0 N–H and O–H groups in total. The smallest absolute Gasteiger partial charge is 0.410 e. The van der Waals surface area contributed by atoms with Crippen molar-refractivity contribution in [1.82, 2.24) is 4.90 Å². The number of benzene rings is 1. The fraction of sp³-hybridized carbons (Fsp3) is 0.529. The van der Waals surface area contributed by atoms with Gasteiger partial charge in [0.05, 0.1) is 11.7 Å². The van der Waals surface area contributed by atoms with E-state index in [9.17, 15) is 4.79 Å². The van der Waals surface area contributed by atoms with Crippen molar-refractivity contribution in [3.63, 3.8) is 0 Å². The third-order valence-electron chi connectivity index (χ3n) is 3.94. The lowest BCUT2D eigenvalue weighted by Gasteiger charge is -2.28. The Hall–Kier alpha value is -1.01. The van der Waals surface area contributed by atoms with Gasteiger partial charge in [0.25, 0.3) is 0 Å². The summed E-state index contributed by atoms with van der Waals surface area (Å²) in [7, 11) is 0. The predicted molar refractivity (Wildman–Crippen MR) is 101 cm³/mol. The molecular weight excluding hydrogens is 376 g/mol. The Kier molecular flexibility index (Phi) is 5.46. The Labute approximate surface area is 152 Å². The quantitative estimate of drug-likeness (QED) is 0.693. The van der Waals surface area contributed by atoms with Crippen LogP contribution in [0.4, 0.5) is 10.5 Å². The van der Waals surface area contributed by atoms with Crippen molar-refractivity contribution in [2.45, 2.75) is 51.7 Å². The van der Waals surface area contributed by atoms with Crippen molar-refractivity contribution in [2.75, 3.05) is 6.54 Å². The van der Waals surface area contributed by atoms with Crippen LogP contribution in [0.5, 0.6) is 0 Å². The Bertz CT molecular complexity index is 640. The van der Waals surface area contributed by atoms with E-state index >= 15 is 0 Å². The standard InChI is InChI=1S/C17H21BrN2O2.H2S/c1-17(2,3)22-16(21)20-8-4-5-15(20)14-10-11-9-12(18)6-7-13(11)19-14;/h6-7,9,15H,4-5,8,10H2,1-3H3;1H2/t15-;/m0./s1. The van der Waals surface area contributed by atoms with Gasteiger partial charge < -0.3 is 4.74 Å². The number of hydrogen-bond acceptors (Lipinski definition) is 3. The van der Waals surface area contributed by atoms with Crippen LogP contribution < -0.4 is 0 Å². The van der Waals surface area contributed by atoms with E-state index in [-0.39, 0.29) is 25.6 Å². The summed E-state index contributed by atoms with van der Waals surface area (Å²) in [5.41, 5.74) is 2.86. The molecule has 3 rings (SSSR count). The Morgan fingerprint density at radius 3 is 2.83 bits per heavy atom. The SMILES string of the molecule is CC(C)(C)OC(=O)N1CCC[C@H]1C1=Nc2ccc(Br)cc2C1.S.